The summed E-state index contributed by atoms with van der Waals surface area (Å²) in [5, 5.41) is 7.47. The predicted molar refractivity (Wildman–Crippen MR) is 75.7 cm³/mol. The molecule has 0 amide bonds. The Labute approximate surface area is 117 Å². The molecule has 1 N–H and O–H groups in total. The minimum atomic E-state index is -0.293. The lowest BCUT2D eigenvalue weighted by Gasteiger charge is -2.59. The van der Waals surface area contributed by atoms with Crippen LogP contribution >= 0.6 is 11.6 Å². The Balaban J connectivity index is 2.21. The molecule has 6 heteroatoms. The Morgan fingerprint density at radius 1 is 1.53 bits per heavy atom. The van der Waals surface area contributed by atoms with Gasteiger partial charge >= 0.3 is 0 Å². The summed E-state index contributed by atoms with van der Waals surface area (Å²) in [5.41, 5.74) is 0.0792. The van der Waals surface area contributed by atoms with Gasteiger partial charge in [-0.3, -0.25) is 4.79 Å². The molecule has 5 nitrogen and oxygen atoms in total. The van der Waals surface area contributed by atoms with Gasteiger partial charge < -0.3 is 10.1 Å². The maximum absolute atomic E-state index is 11.7. The SMILES string of the molecule is CO[C@@]1(C)C[C@@H](Nc2cnn(C)c(=O)c2Cl)C1(C)C. The number of methoxy groups -OCH3 is 1. The van der Waals surface area contributed by atoms with Gasteiger partial charge in [-0.15, -0.1) is 0 Å². The fourth-order valence-electron chi connectivity index (χ4n) is 2.52. The van der Waals surface area contributed by atoms with E-state index in [4.69, 9.17) is 16.3 Å². The molecule has 0 saturated heterocycles. The van der Waals surface area contributed by atoms with Crippen molar-refractivity contribution in [1.29, 1.82) is 0 Å². The molecule has 1 saturated carbocycles. The number of hydrogen-bond acceptors (Lipinski definition) is 4. The third-order valence-corrected chi connectivity index (χ3v) is 5.05. The maximum atomic E-state index is 11.7. The van der Waals surface area contributed by atoms with Crippen LogP contribution in [0.4, 0.5) is 5.69 Å². The largest absolute Gasteiger partial charge is 0.379 e. The van der Waals surface area contributed by atoms with Gasteiger partial charge in [0.05, 0.1) is 17.5 Å². The molecule has 2 rings (SSSR count). The number of aryl methyl sites for hydroxylation is 1. The Morgan fingerprint density at radius 3 is 2.68 bits per heavy atom. The second-order valence-electron chi connectivity index (χ2n) is 5.86. The molecule has 19 heavy (non-hydrogen) atoms. The van der Waals surface area contributed by atoms with Crippen molar-refractivity contribution in [3.63, 3.8) is 0 Å². The van der Waals surface area contributed by atoms with Crippen LogP contribution in [0.15, 0.2) is 11.0 Å². The highest BCUT2D eigenvalue weighted by Gasteiger charge is 2.57. The second-order valence-corrected chi connectivity index (χ2v) is 6.24. The first-order valence-electron chi connectivity index (χ1n) is 6.26. The molecular weight excluding hydrogens is 266 g/mol. The number of anilines is 1. The number of hydrogen-bond donors (Lipinski definition) is 1. The molecule has 1 aromatic rings. The molecule has 0 aromatic carbocycles. The number of nitrogens with zero attached hydrogens (tertiary/aromatic N) is 2. The van der Waals surface area contributed by atoms with Crippen molar-refractivity contribution in [1.82, 2.24) is 9.78 Å². The van der Waals surface area contributed by atoms with Gasteiger partial charge in [0.25, 0.3) is 5.56 Å². The van der Waals surface area contributed by atoms with Gasteiger partial charge in [0, 0.05) is 25.6 Å². The van der Waals surface area contributed by atoms with Gasteiger partial charge in [0.1, 0.15) is 5.02 Å². The van der Waals surface area contributed by atoms with Crippen LogP contribution in [0.25, 0.3) is 0 Å². The molecule has 1 aliphatic carbocycles. The average molecular weight is 286 g/mol. The number of nitrogens with one attached hydrogen (secondary N) is 1. The van der Waals surface area contributed by atoms with Gasteiger partial charge in [0.15, 0.2) is 0 Å². The third-order valence-electron chi connectivity index (χ3n) is 4.69. The van der Waals surface area contributed by atoms with E-state index in [0.717, 1.165) is 6.42 Å². The molecule has 0 bridgehead atoms. The fraction of sp³-hybridized carbons (Fsp3) is 0.692. The summed E-state index contributed by atoms with van der Waals surface area (Å²) in [6.07, 6.45) is 2.45. The maximum Gasteiger partial charge on any atom is 0.287 e. The van der Waals surface area contributed by atoms with Gasteiger partial charge in [-0.25, -0.2) is 4.68 Å². The first-order chi connectivity index (χ1) is 8.73. The van der Waals surface area contributed by atoms with Gasteiger partial charge in [0.2, 0.25) is 0 Å². The van der Waals surface area contributed by atoms with E-state index in [1.807, 2.05) is 0 Å². The highest BCUT2D eigenvalue weighted by Crippen LogP contribution is 2.52. The molecule has 0 radical (unpaired) electrons. The lowest BCUT2D eigenvalue weighted by atomic mass is 9.56. The predicted octanol–water partition coefficient (Wildman–Crippen LogP) is 2.05. The Kier molecular flexibility index (Phi) is 3.39. The van der Waals surface area contributed by atoms with Crippen LogP contribution in [0.1, 0.15) is 27.2 Å². The van der Waals surface area contributed by atoms with E-state index in [-0.39, 0.29) is 27.6 Å². The summed E-state index contributed by atoms with van der Waals surface area (Å²) >= 11 is 6.05. The van der Waals surface area contributed by atoms with Crippen molar-refractivity contribution in [3.8, 4) is 0 Å². The summed E-state index contributed by atoms with van der Waals surface area (Å²) in [7, 11) is 3.30. The van der Waals surface area contributed by atoms with Crippen LogP contribution in [0, 0.1) is 5.41 Å². The molecule has 1 aliphatic rings. The van der Waals surface area contributed by atoms with E-state index in [0.29, 0.717) is 5.69 Å². The average Bonchev–Trinajstić information content (AvgIpc) is 2.38. The zero-order valence-electron chi connectivity index (χ0n) is 12.0. The third kappa shape index (κ3) is 2.05. The van der Waals surface area contributed by atoms with Crippen LogP contribution in [0.3, 0.4) is 0 Å². The van der Waals surface area contributed by atoms with Crippen molar-refractivity contribution in [2.24, 2.45) is 12.5 Å². The molecule has 0 unspecified atom stereocenters. The summed E-state index contributed by atoms with van der Waals surface area (Å²) in [5.74, 6) is 0. The molecular formula is C13H20ClN3O2. The lowest BCUT2D eigenvalue weighted by Crippen LogP contribution is -2.65. The molecule has 0 spiro atoms. The zero-order valence-corrected chi connectivity index (χ0v) is 12.7. The highest BCUT2D eigenvalue weighted by molar-refractivity contribution is 6.32. The second kappa shape index (κ2) is 4.49. The van der Waals surface area contributed by atoms with Crippen LogP contribution in [0.5, 0.6) is 0 Å². The van der Waals surface area contributed by atoms with Crippen molar-refractivity contribution in [3.05, 3.63) is 21.6 Å². The normalized spacial score (nSPS) is 28.8. The number of ether oxygens (including phenoxy) is 1. The van der Waals surface area contributed by atoms with Gasteiger partial charge in [-0.2, -0.15) is 5.10 Å². The highest BCUT2D eigenvalue weighted by atomic mass is 35.5. The van der Waals surface area contributed by atoms with Crippen LogP contribution in [0.2, 0.25) is 5.02 Å². The van der Waals surface area contributed by atoms with E-state index in [1.165, 1.54) is 4.68 Å². The molecule has 2 atom stereocenters. The van der Waals surface area contributed by atoms with Crippen molar-refractivity contribution < 1.29 is 4.74 Å². The van der Waals surface area contributed by atoms with E-state index < -0.39 is 0 Å². The van der Waals surface area contributed by atoms with E-state index in [9.17, 15) is 4.79 Å². The van der Waals surface area contributed by atoms with E-state index in [2.05, 4.69) is 31.2 Å². The van der Waals surface area contributed by atoms with Crippen molar-refractivity contribution in [2.75, 3.05) is 12.4 Å². The van der Waals surface area contributed by atoms with Crippen LogP contribution in [-0.4, -0.2) is 28.5 Å². The van der Waals surface area contributed by atoms with Gasteiger partial charge in [-0.1, -0.05) is 25.4 Å². The Hall–Kier alpha value is -1.07. The fourth-order valence-corrected chi connectivity index (χ4v) is 2.75. The van der Waals surface area contributed by atoms with Crippen LogP contribution < -0.4 is 10.9 Å². The van der Waals surface area contributed by atoms with Crippen molar-refractivity contribution in [2.45, 2.75) is 38.8 Å². The Morgan fingerprint density at radius 2 is 2.16 bits per heavy atom. The van der Waals surface area contributed by atoms with Crippen molar-refractivity contribution >= 4 is 17.3 Å². The molecule has 1 heterocycles. The molecule has 1 aromatic heterocycles. The monoisotopic (exact) mass is 285 g/mol. The lowest BCUT2D eigenvalue weighted by molar-refractivity contribution is -0.166. The summed E-state index contributed by atoms with van der Waals surface area (Å²) in [4.78, 5) is 11.7. The summed E-state index contributed by atoms with van der Waals surface area (Å²) < 4.78 is 6.80. The van der Waals surface area contributed by atoms with Crippen LogP contribution in [-0.2, 0) is 11.8 Å². The standard InChI is InChI=1S/C13H20ClN3O2/c1-12(2)9(6-13(12,3)19-5)16-8-7-15-17(4)11(18)10(8)14/h7,9,16H,6H2,1-5H3/t9-,13+/m1/s1. The number of rotatable bonds is 3. The van der Waals surface area contributed by atoms with E-state index in [1.54, 1.807) is 20.4 Å². The Bertz CT molecular complexity index is 555. The zero-order chi connectivity index (χ0) is 14.4. The molecule has 1 fully saturated rings. The minimum Gasteiger partial charge on any atom is -0.379 e. The minimum absolute atomic E-state index is 0.0494. The summed E-state index contributed by atoms with van der Waals surface area (Å²) in [6, 6.07) is 0.198. The summed E-state index contributed by atoms with van der Waals surface area (Å²) in [6.45, 7) is 6.37. The quantitative estimate of drug-likeness (QED) is 0.923. The first kappa shape index (κ1) is 14.3. The molecule has 0 aliphatic heterocycles. The van der Waals surface area contributed by atoms with E-state index >= 15 is 0 Å². The van der Waals surface area contributed by atoms with Gasteiger partial charge in [-0.05, 0) is 13.3 Å². The number of halogens is 1. The number of aromatic nitrogens is 2. The smallest absolute Gasteiger partial charge is 0.287 e. The molecule has 106 valence electrons. The topological polar surface area (TPSA) is 56.1 Å². The first-order valence-corrected chi connectivity index (χ1v) is 6.64.